The maximum Gasteiger partial charge on any atom is 0.416 e. The van der Waals surface area contributed by atoms with Crippen LogP contribution < -0.4 is 14.9 Å². The van der Waals surface area contributed by atoms with Gasteiger partial charge in [0.1, 0.15) is 12.3 Å². The lowest BCUT2D eigenvalue weighted by atomic mass is 10.1. The average Bonchev–Trinajstić information content (AvgIpc) is 2.79. The van der Waals surface area contributed by atoms with Gasteiger partial charge in [0.05, 0.1) is 26.9 Å². The normalized spacial score (nSPS) is 11.5. The summed E-state index contributed by atoms with van der Waals surface area (Å²) in [6.07, 6.45) is -3.31. The summed E-state index contributed by atoms with van der Waals surface area (Å²) in [4.78, 5) is 10.3. The van der Waals surface area contributed by atoms with Crippen LogP contribution in [-0.2, 0) is 12.8 Å². The van der Waals surface area contributed by atoms with Crippen molar-refractivity contribution in [2.45, 2.75) is 19.7 Å². The van der Waals surface area contributed by atoms with E-state index in [-0.39, 0.29) is 5.69 Å². The molecule has 184 valence electrons. The highest BCUT2D eigenvalue weighted by molar-refractivity contribution is 14.1. The number of hydrazone groups is 1. The molecule has 12 heteroatoms. The van der Waals surface area contributed by atoms with Crippen LogP contribution in [0.3, 0.4) is 0 Å². The predicted molar refractivity (Wildman–Crippen MR) is 143 cm³/mol. The van der Waals surface area contributed by atoms with Gasteiger partial charge in [0.15, 0.2) is 11.5 Å². The lowest BCUT2D eigenvalue weighted by molar-refractivity contribution is -0.384. The van der Waals surface area contributed by atoms with Crippen LogP contribution in [0.25, 0.3) is 0 Å². The standard InChI is InChI=1S/C23H18F3I2N3O4/c1-2-34-21-10-15(9-18(28)22(21)35-13-14-3-6-17(27)7-4-14)12-29-30-19-8-5-16(23(24,25)26)11-20(19)31(32)33/h3-12,30H,2,13H2,1H3/b29-12-. The number of benzene rings is 3. The molecule has 3 rings (SSSR count). The molecule has 7 nitrogen and oxygen atoms in total. The number of alkyl halides is 3. The molecule has 0 atom stereocenters. The molecule has 0 saturated heterocycles. The van der Waals surface area contributed by atoms with E-state index in [2.05, 4.69) is 55.7 Å². The summed E-state index contributed by atoms with van der Waals surface area (Å²) in [5, 5.41) is 15.2. The summed E-state index contributed by atoms with van der Waals surface area (Å²) in [7, 11) is 0. The van der Waals surface area contributed by atoms with Crippen LogP contribution in [-0.4, -0.2) is 17.7 Å². The minimum Gasteiger partial charge on any atom is -0.490 e. The number of anilines is 1. The van der Waals surface area contributed by atoms with Crippen molar-refractivity contribution in [2.24, 2.45) is 5.10 Å². The number of nitrogens with one attached hydrogen (secondary N) is 1. The molecule has 0 aliphatic heterocycles. The Balaban J connectivity index is 1.79. The Morgan fingerprint density at radius 2 is 1.80 bits per heavy atom. The molecule has 3 aromatic rings. The predicted octanol–water partition coefficient (Wildman–Crippen LogP) is 7.25. The Hall–Kier alpha value is -2.62. The lowest BCUT2D eigenvalue weighted by Crippen LogP contribution is -2.06. The van der Waals surface area contributed by atoms with Crippen molar-refractivity contribution in [1.29, 1.82) is 0 Å². The van der Waals surface area contributed by atoms with Gasteiger partial charge >= 0.3 is 6.18 Å². The summed E-state index contributed by atoms with van der Waals surface area (Å²) in [6.45, 7) is 2.58. The first-order valence-electron chi connectivity index (χ1n) is 10.1. The Labute approximate surface area is 226 Å². The van der Waals surface area contributed by atoms with Crippen LogP contribution in [0.4, 0.5) is 24.5 Å². The van der Waals surface area contributed by atoms with E-state index in [1.807, 2.05) is 31.2 Å². The molecule has 0 unspecified atom stereocenters. The monoisotopic (exact) mass is 711 g/mol. The molecule has 0 aliphatic rings. The zero-order valence-electron chi connectivity index (χ0n) is 18.1. The van der Waals surface area contributed by atoms with Crippen LogP contribution in [0.2, 0.25) is 0 Å². The van der Waals surface area contributed by atoms with Gasteiger partial charge in [-0.05, 0) is 99.6 Å². The molecule has 0 aliphatic carbocycles. The molecule has 0 bridgehead atoms. The minimum absolute atomic E-state index is 0.170. The number of ether oxygens (including phenoxy) is 2. The molecule has 0 spiro atoms. The Morgan fingerprint density at radius 1 is 1.09 bits per heavy atom. The second kappa shape index (κ2) is 11.9. The molecule has 3 aromatic carbocycles. The molecule has 0 radical (unpaired) electrons. The number of nitrogens with zero attached hydrogens (tertiary/aromatic N) is 2. The van der Waals surface area contributed by atoms with Crippen molar-refractivity contribution in [3.63, 3.8) is 0 Å². The van der Waals surface area contributed by atoms with Crippen molar-refractivity contribution in [3.05, 3.63) is 88.5 Å². The van der Waals surface area contributed by atoms with Gasteiger partial charge < -0.3 is 9.47 Å². The molecule has 35 heavy (non-hydrogen) atoms. The van der Waals surface area contributed by atoms with Crippen molar-refractivity contribution in [2.75, 3.05) is 12.0 Å². The SMILES string of the molecule is CCOc1cc(/C=N\Nc2ccc(C(F)(F)F)cc2[N+](=O)[O-])cc(I)c1OCc1ccc(I)cc1. The van der Waals surface area contributed by atoms with E-state index >= 15 is 0 Å². The molecule has 0 amide bonds. The van der Waals surface area contributed by atoms with Crippen molar-refractivity contribution >= 4 is 62.8 Å². The third kappa shape index (κ3) is 7.43. The fourth-order valence-electron chi connectivity index (χ4n) is 2.93. The van der Waals surface area contributed by atoms with Crippen LogP contribution in [0.1, 0.15) is 23.6 Å². The first kappa shape index (κ1) is 27.0. The highest BCUT2D eigenvalue weighted by Gasteiger charge is 2.33. The Bertz CT molecular complexity index is 1240. The van der Waals surface area contributed by atoms with Crippen LogP contribution in [0, 0.1) is 17.3 Å². The van der Waals surface area contributed by atoms with E-state index in [1.165, 1.54) is 6.21 Å². The summed E-state index contributed by atoms with van der Waals surface area (Å²) in [6, 6.07) is 13.6. The quantitative estimate of drug-likeness (QED) is 0.110. The average molecular weight is 711 g/mol. The van der Waals surface area contributed by atoms with Crippen molar-refractivity contribution in [3.8, 4) is 11.5 Å². The van der Waals surface area contributed by atoms with E-state index in [0.29, 0.717) is 36.3 Å². The first-order valence-corrected chi connectivity index (χ1v) is 12.2. The highest BCUT2D eigenvalue weighted by Crippen LogP contribution is 2.36. The van der Waals surface area contributed by atoms with Gasteiger partial charge in [-0.2, -0.15) is 18.3 Å². The number of nitro groups is 1. The second-order valence-corrected chi connectivity index (χ2v) is 9.44. The van der Waals surface area contributed by atoms with Gasteiger partial charge in [0.2, 0.25) is 0 Å². The van der Waals surface area contributed by atoms with E-state index in [9.17, 15) is 23.3 Å². The maximum absolute atomic E-state index is 12.9. The Kier molecular flexibility index (Phi) is 9.15. The number of hydrogen-bond acceptors (Lipinski definition) is 6. The van der Waals surface area contributed by atoms with Gasteiger partial charge in [-0.15, -0.1) is 0 Å². The van der Waals surface area contributed by atoms with Gasteiger partial charge in [0.25, 0.3) is 5.69 Å². The van der Waals surface area contributed by atoms with Gasteiger partial charge in [-0.3, -0.25) is 15.5 Å². The highest BCUT2D eigenvalue weighted by atomic mass is 127. The third-order valence-corrected chi connectivity index (χ3v) is 6.07. The fraction of sp³-hybridized carbons (Fsp3) is 0.174. The van der Waals surface area contributed by atoms with Gasteiger partial charge in [0, 0.05) is 9.64 Å². The topological polar surface area (TPSA) is 86.0 Å². The summed E-state index contributed by atoms with van der Waals surface area (Å²) in [5.74, 6) is 1.06. The minimum atomic E-state index is -4.69. The molecular weight excluding hydrogens is 693 g/mol. The zero-order valence-corrected chi connectivity index (χ0v) is 22.4. The van der Waals surface area contributed by atoms with Gasteiger partial charge in [-0.25, -0.2) is 0 Å². The van der Waals surface area contributed by atoms with Crippen LogP contribution in [0.5, 0.6) is 11.5 Å². The third-order valence-electron chi connectivity index (χ3n) is 4.55. The van der Waals surface area contributed by atoms with Crippen LogP contribution in [0.15, 0.2) is 59.7 Å². The second-order valence-electron chi connectivity index (χ2n) is 7.03. The summed E-state index contributed by atoms with van der Waals surface area (Å²) in [5.41, 5.74) is 2.02. The lowest BCUT2D eigenvalue weighted by Gasteiger charge is -2.15. The smallest absolute Gasteiger partial charge is 0.416 e. The molecular formula is C23H18F3I2N3O4. The van der Waals surface area contributed by atoms with Crippen LogP contribution >= 0.6 is 45.2 Å². The molecule has 0 saturated carbocycles. The summed E-state index contributed by atoms with van der Waals surface area (Å²) >= 11 is 4.33. The van der Waals surface area contributed by atoms with Gasteiger partial charge in [-0.1, -0.05) is 12.1 Å². The van der Waals surface area contributed by atoms with Crippen molar-refractivity contribution < 1.29 is 27.6 Å². The largest absolute Gasteiger partial charge is 0.490 e. The van der Waals surface area contributed by atoms with E-state index in [1.54, 1.807) is 12.1 Å². The number of rotatable bonds is 9. The number of nitro benzene ring substituents is 1. The van der Waals surface area contributed by atoms with E-state index in [4.69, 9.17) is 9.47 Å². The number of halogens is 5. The Morgan fingerprint density at radius 3 is 2.43 bits per heavy atom. The molecule has 1 N–H and O–H groups in total. The maximum atomic E-state index is 12.9. The van der Waals surface area contributed by atoms with E-state index < -0.39 is 22.4 Å². The van der Waals surface area contributed by atoms with E-state index in [0.717, 1.165) is 24.8 Å². The first-order chi connectivity index (χ1) is 16.6. The molecule has 0 fully saturated rings. The summed E-state index contributed by atoms with van der Waals surface area (Å²) < 4.78 is 52.2. The zero-order chi connectivity index (χ0) is 25.6. The fourth-order valence-corrected chi connectivity index (χ4v) is 4.07. The molecule has 0 heterocycles. The molecule has 0 aromatic heterocycles. The van der Waals surface area contributed by atoms with Crippen molar-refractivity contribution in [1.82, 2.24) is 0 Å². The number of hydrogen-bond donors (Lipinski definition) is 1.